The summed E-state index contributed by atoms with van der Waals surface area (Å²) in [7, 11) is 0. The number of nitro groups is 1. The third kappa shape index (κ3) is 5.88. The Morgan fingerprint density at radius 2 is 1.77 bits per heavy atom. The van der Waals surface area contributed by atoms with Gasteiger partial charge in [0.05, 0.1) is 4.92 Å². The fourth-order valence-electron chi connectivity index (χ4n) is 3.25. The van der Waals surface area contributed by atoms with Gasteiger partial charge in [-0.15, -0.1) is 0 Å². The van der Waals surface area contributed by atoms with E-state index in [1.807, 2.05) is 36.4 Å². The van der Waals surface area contributed by atoms with Gasteiger partial charge >= 0.3 is 0 Å². The van der Waals surface area contributed by atoms with Crippen LogP contribution in [0, 0.1) is 17.0 Å². The quantitative estimate of drug-likeness (QED) is 0.186. The zero-order chi connectivity index (χ0) is 21.3. The lowest BCUT2D eigenvalue weighted by Gasteiger charge is -2.10. The van der Waals surface area contributed by atoms with E-state index >= 15 is 0 Å². The van der Waals surface area contributed by atoms with Gasteiger partial charge in [0.25, 0.3) is 11.6 Å². The second kappa shape index (κ2) is 10.2. The summed E-state index contributed by atoms with van der Waals surface area (Å²) in [6, 6.07) is 23.9. The van der Waals surface area contributed by atoms with Crippen molar-refractivity contribution >= 4 is 23.2 Å². The Balaban J connectivity index is 1.73. The molecule has 0 heterocycles. The number of carbonyl (C=O) groups excluding carboxylic acids is 1. The summed E-state index contributed by atoms with van der Waals surface area (Å²) < 4.78 is 0. The molecule has 3 aromatic rings. The minimum atomic E-state index is -0.440. The fourth-order valence-corrected chi connectivity index (χ4v) is 3.25. The second-order valence-corrected chi connectivity index (χ2v) is 7.12. The van der Waals surface area contributed by atoms with Crippen LogP contribution in [0.25, 0.3) is 11.6 Å². The van der Waals surface area contributed by atoms with Gasteiger partial charge in [-0.1, -0.05) is 72.3 Å². The van der Waals surface area contributed by atoms with Gasteiger partial charge in [-0.2, -0.15) is 0 Å². The van der Waals surface area contributed by atoms with Crippen molar-refractivity contribution in [1.82, 2.24) is 5.32 Å². The molecule has 0 radical (unpaired) electrons. The SMILES string of the molecule is Cc1cccc(CCCNC(=O)/C(=C/c2cccc([N+](=O)[O-])c2)c2ccccc2)c1. The maximum absolute atomic E-state index is 12.9. The van der Waals surface area contributed by atoms with E-state index < -0.39 is 4.92 Å². The largest absolute Gasteiger partial charge is 0.352 e. The van der Waals surface area contributed by atoms with Crippen molar-refractivity contribution in [2.45, 2.75) is 19.8 Å². The number of hydrogen-bond acceptors (Lipinski definition) is 3. The lowest BCUT2D eigenvalue weighted by molar-refractivity contribution is -0.384. The molecule has 0 spiro atoms. The van der Waals surface area contributed by atoms with Crippen LogP contribution in [0.5, 0.6) is 0 Å². The number of benzene rings is 3. The third-order valence-corrected chi connectivity index (χ3v) is 4.73. The van der Waals surface area contributed by atoms with Gasteiger partial charge in [-0.3, -0.25) is 14.9 Å². The van der Waals surface area contributed by atoms with E-state index in [1.54, 1.807) is 18.2 Å². The van der Waals surface area contributed by atoms with Crippen LogP contribution in [0.15, 0.2) is 78.9 Å². The molecule has 0 saturated heterocycles. The van der Waals surface area contributed by atoms with Gasteiger partial charge in [0.1, 0.15) is 0 Å². The molecular weight excluding hydrogens is 376 g/mol. The molecule has 30 heavy (non-hydrogen) atoms. The van der Waals surface area contributed by atoms with Crippen molar-refractivity contribution in [3.8, 4) is 0 Å². The molecular formula is C25H24N2O3. The normalized spacial score (nSPS) is 11.2. The second-order valence-electron chi connectivity index (χ2n) is 7.12. The molecule has 1 amide bonds. The Hall–Kier alpha value is -3.73. The van der Waals surface area contributed by atoms with Crippen LogP contribution >= 0.6 is 0 Å². The van der Waals surface area contributed by atoms with Gasteiger partial charge < -0.3 is 5.32 Å². The highest BCUT2D eigenvalue weighted by Gasteiger charge is 2.13. The van der Waals surface area contributed by atoms with E-state index in [4.69, 9.17) is 0 Å². The minimum absolute atomic E-state index is 0.00488. The van der Waals surface area contributed by atoms with E-state index in [-0.39, 0.29) is 11.6 Å². The first kappa shape index (κ1) is 21.0. The van der Waals surface area contributed by atoms with Crippen LogP contribution in [0.2, 0.25) is 0 Å². The summed E-state index contributed by atoms with van der Waals surface area (Å²) in [5.41, 5.74) is 4.32. The average Bonchev–Trinajstić information content (AvgIpc) is 2.76. The topological polar surface area (TPSA) is 72.2 Å². The molecule has 0 unspecified atom stereocenters. The molecule has 0 bridgehead atoms. The minimum Gasteiger partial charge on any atom is -0.352 e. The molecule has 1 N–H and O–H groups in total. The number of nitro benzene ring substituents is 1. The number of nitrogens with one attached hydrogen (secondary N) is 1. The van der Waals surface area contributed by atoms with Crippen molar-refractivity contribution in [3.63, 3.8) is 0 Å². The monoisotopic (exact) mass is 400 g/mol. The molecule has 5 heteroatoms. The fraction of sp³-hybridized carbons (Fsp3) is 0.160. The maximum Gasteiger partial charge on any atom is 0.270 e. The smallest absolute Gasteiger partial charge is 0.270 e. The lowest BCUT2D eigenvalue weighted by Crippen LogP contribution is -2.25. The highest BCUT2D eigenvalue weighted by Crippen LogP contribution is 2.21. The molecule has 0 aliphatic rings. The van der Waals surface area contributed by atoms with Crippen LogP contribution in [-0.4, -0.2) is 17.4 Å². The number of aryl methyl sites for hydroxylation is 2. The molecule has 0 fully saturated rings. The van der Waals surface area contributed by atoms with E-state index in [9.17, 15) is 14.9 Å². The third-order valence-electron chi connectivity index (χ3n) is 4.73. The molecule has 3 rings (SSSR count). The Morgan fingerprint density at radius 1 is 1.00 bits per heavy atom. The number of hydrogen-bond donors (Lipinski definition) is 1. The van der Waals surface area contributed by atoms with Crippen LogP contribution < -0.4 is 5.32 Å². The average molecular weight is 400 g/mol. The maximum atomic E-state index is 12.9. The number of rotatable bonds is 8. The summed E-state index contributed by atoms with van der Waals surface area (Å²) in [4.78, 5) is 23.5. The zero-order valence-electron chi connectivity index (χ0n) is 16.9. The van der Waals surface area contributed by atoms with Crippen molar-refractivity contribution in [1.29, 1.82) is 0 Å². The van der Waals surface area contributed by atoms with Crippen LogP contribution in [-0.2, 0) is 11.2 Å². The highest BCUT2D eigenvalue weighted by molar-refractivity contribution is 6.24. The predicted octanol–water partition coefficient (Wildman–Crippen LogP) is 5.19. The van der Waals surface area contributed by atoms with E-state index in [0.29, 0.717) is 17.7 Å². The Morgan fingerprint density at radius 3 is 2.50 bits per heavy atom. The van der Waals surface area contributed by atoms with E-state index in [1.165, 1.54) is 23.3 Å². The molecule has 3 aromatic carbocycles. The number of non-ortho nitro benzene ring substituents is 1. The summed E-state index contributed by atoms with van der Waals surface area (Å²) in [5.74, 6) is -0.197. The highest BCUT2D eigenvalue weighted by atomic mass is 16.6. The molecule has 0 saturated carbocycles. The molecule has 0 atom stereocenters. The number of nitrogens with zero attached hydrogens (tertiary/aromatic N) is 1. The molecule has 5 nitrogen and oxygen atoms in total. The summed E-state index contributed by atoms with van der Waals surface area (Å²) in [5, 5.41) is 14.0. The summed E-state index contributed by atoms with van der Waals surface area (Å²) >= 11 is 0. The van der Waals surface area contributed by atoms with Crippen molar-refractivity contribution in [3.05, 3.63) is 111 Å². The molecule has 0 aromatic heterocycles. The van der Waals surface area contributed by atoms with E-state index in [2.05, 4.69) is 30.4 Å². The van der Waals surface area contributed by atoms with Crippen molar-refractivity contribution in [2.24, 2.45) is 0 Å². The van der Waals surface area contributed by atoms with Gasteiger partial charge in [0, 0.05) is 24.3 Å². The summed E-state index contributed by atoms with van der Waals surface area (Å²) in [6.07, 6.45) is 3.41. The predicted molar refractivity (Wildman–Crippen MR) is 120 cm³/mol. The van der Waals surface area contributed by atoms with Crippen LogP contribution in [0.4, 0.5) is 5.69 Å². The Kier molecular flexibility index (Phi) is 7.11. The molecule has 0 aliphatic heterocycles. The summed E-state index contributed by atoms with van der Waals surface area (Å²) in [6.45, 7) is 2.61. The zero-order valence-corrected chi connectivity index (χ0v) is 16.9. The number of carbonyl (C=O) groups is 1. The van der Waals surface area contributed by atoms with E-state index in [0.717, 1.165) is 18.4 Å². The lowest BCUT2D eigenvalue weighted by atomic mass is 10.0. The van der Waals surface area contributed by atoms with Gasteiger partial charge in [0.15, 0.2) is 0 Å². The molecule has 0 aliphatic carbocycles. The van der Waals surface area contributed by atoms with Crippen molar-refractivity contribution < 1.29 is 9.72 Å². The van der Waals surface area contributed by atoms with Crippen molar-refractivity contribution in [2.75, 3.05) is 6.54 Å². The first-order valence-corrected chi connectivity index (χ1v) is 9.88. The first-order valence-electron chi connectivity index (χ1n) is 9.88. The standard InChI is InChI=1S/C25H24N2O3/c1-19-8-5-9-20(16-19)11-7-15-26-25(28)24(22-12-3-2-4-13-22)18-21-10-6-14-23(17-21)27(29)30/h2-6,8-10,12-14,16-18H,7,11,15H2,1H3,(H,26,28)/b24-18+. The molecule has 152 valence electrons. The van der Waals surface area contributed by atoms with Crippen LogP contribution in [0.1, 0.15) is 28.7 Å². The van der Waals surface area contributed by atoms with Gasteiger partial charge in [-0.05, 0) is 42.5 Å². The van der Waals surface area contributed by atoms with Gasteiger partial charge in [-0.25, -0.2) is 0 Å². The van der Waals surface area contributed by atoms with Gasteiger partial charge in [0.2, 0.25) is 0 Å². The Labute approximate surface area is 176 Å². The van der Waals surface area contributed by atoms with Crippen LogP contribution in [0.3, 0.4) is 0 Å². The number of amides is 1. The Bertz CT molecular complexity index is 1060. The first-order chi connectivity index (χ1) is 14.5.